The van der Waals surface area contributed by atoms with E-state index in [0.29, 0.717) is 17.1 Å². The second kappa shape index (κ2) is 14.7. The van der Waals surface area contributed by atoms with Crippen molar-refractivity contribution in [2.24, 2.45) is 5.92 Å². The standard InChI is InChI=1S/C21H17FNO.C20H20NSi.Ir/c1-13(2)10-14-8-9-23-19(11-14)18-5-3-4-17-16-7-6-15(22)12-20(16)24-21(17)18;1-22(2,3)20-15-21-19(17-12-8-5-9-13-17)14-18(20)16-10-6-4-7-11-16;/h3-4,6-9,11-13H,10H2,1-2H3;4-12,14-15H,1-3H3;/q2*-1;. The predicted molar refractivity (Wildman–Crippen MR) is 191 cm³/mol. The van der Waals surface area contributed by atoms with Gasteiger partial charge in [-0.25, -0.2) is 4.39 Å². The zero-order chi connectivity index (χ0) is 32.3. The number of benzene rings is 4. The van der Waals surface area contributed by atoms with E-state index in [9.17, 15) is 4.39 Å². The van der Waals surface area contributed by atoms with Crippen LogP contribution >= 0.6 is 0 Å². The van der Waals surface area contributed by atoms with Gasteiger partial charge in [0.1, 0.15) is 11.4 Å². The molecule has 7 rings (SSSR count). The topological polar surface area (TPSA) is 38.9 Å². The second-order valence-corrected chi connectivity index (χ2v) is 18.0. The van der Waals surface area contributed by atoms with E-state index in [4.69, 9.17) is 9.40 Å². The summed E-state index contributed by atoms with van der Waals surface area (Å²) in [6.45, 7) is 11.5. The molecule has 0 bridgehead atoms. The maximum Gasteiger partial charge on any atom is 0.126 e. The Morgan fingerprint density at radius 1 is 0.787 bits per heavy atom. The van der Waals surface area contributed by atoms with Crippen LogP contribution in [0.3, 0.4) is 0 Å². The van der Waals surface area contributed by atoms with Crippen LogP contribution in [0.15, 0.2) is 120 Å². The molecule has 0 aliphatic carbocycles. The Balaban J connectivity index is 0.000000181. The van der Waals surface area contributed by atoms with E-state index in [1.807, 2.05) is 42.6 Å². The molecular formula is C41H37FIrN2OSi-2. The SMILES string of the molecule is CC(C)Cc1ccnc(-c2[c-]ccc3c2oc2cc(F)ccc23)c1.C[Si](C)(C)c1cnc(-c2[c-]cccc2)cc1-c1ccccc1.[Ir]. The van der Waals surface area contributed by atoms with Gasteiger partial charge in [0.2, 0.25) is 0 Å². The summed E-state index contributed by atoms with van der Waals surface area (Å²) in [5, 5.41) is 3.26. The first-order valence-corrected chi connectivity index (χ1v) is 19.2. The van der Waals surface area contributed by atoms with Gasteiger partial charge in [-0.05, 0) is 58.2 Å². The van der Waals surface area contributed by atoms with Crippen LogP contribution in [0, 0.1) is 23.9 Å². The predicted octanol–water partition coefficient (Wildman–Crippen LogP) is 10.5. The van der Waals surface area contributed by atoms with Crippen molar-refractivity contribution in [1.82, 2.24) is 9.97 Å². The number of pyridine rings is 2. The normalized spacial score (nSPS) is 11.3. The first kappa shape index (κ1) is 34.1. The average Bonchev–Trinajstić information content (AvgIpc) is 3.43. The number of rotatable bonds is 6. The van der Waals surface area contributed by atoms with Gasteiger partial charge in [0.05, 0.1) is 13.7 Å². The van der Waals surface area contributed by atoms with Gasteiger partial charge < -0.3 is 14.4 Å². The summed E-state index contributed by atoms with van der Waals surface area (Å²) in [5.41, 5.74) is 8.73. The number of halogens is 1. The van der Waals surface area contributed by atoms with Crippen molar-refractivity contribution in [3.05, 3.63) is 139 Å². The van der Waals surface area contributed by atoms with Crippen LogP contribution in [0.2, 0.25) is 19.6 Å². The summed E-state index contributed by atoms with van der Waals surface area (Å²) in [6, 6.07) is 39.9. The largest absolute Gasteiger partial charge is 0.500 e. The second-order valence-electron chi connectivity index (χ2n) is 13.0. The fourth-order valence-electron chi connectivity index (χ4n) is 5.72. The van der Waals surface area contributed by atoms with E-state index < -0.39 is 8.07 Å². The minimum Gasteiger partial charge on any atom is -0.500 e. The van der Waals surface area contributed by atoms with E-state index in [2.05, 4.69) is 105 Å². The molecule has 3 aromatic heterocycles. The Hall–Kier alpha value is -4.22. The van der Waals surface area contributed by atoms with Crippen molar-refractivity contribution >= 4 is 35.2 Å². The van der Waals surface area contributed by atoms with Gasteiger partial charge in [-0.2, -0.15) is 0 Å². The van der Waals surface area contributed by atoms with Crippen LogP contribution in [0.4, 0.5) is 4.39 Å². The summed E-state index contributed by atoms with van der Waals surface area (Å²) in [7, 11) is -1.46. The van der Waals surface area contributed by atoms with Crippen LogP contribution in [-0.2, 0) is 26.5 Å². The van der Waals surface area contributed by atoms with E-state index in [1.54, 1.807) is 6.07 Å². The molecule has 0 saturated carbocycles. The first-order valence-electron chi connectivity index (χ1n) is 15.7. The molecule has 6 heteroatoms. The van der Waals surface area contributed by atoms with Crippen LogP contribution in [-0.4, -0.2) is 18.0 Å². The van der Waals surface area contributed by atoms with Crippen molar-refractivity contribution in [2.75, 3.05) is 0 Å². The molecule has 0 aliphatic rings. The Bertz CT molecular complexity index is 2100. The molecule has 0 atom stereocenters. The van der Waals surface area contributed by atoms with Gasteiger partial charge in [-0.15, -0.1) is 54.1 Å². The van der Waals surface area contributed by atoms with Gasteiger partial charge in [-0.3, -0.25) is 0 Å². The first-order chi connectivity index (χ1) is 22.2. The third-order valence-electron chi connectivity index (χ3n) is 7.90. The van der Waals surface area contributed by atoms with Crippen molar-refractivity contribution in [3.63, 3.8) is 0 Å². The molecule has 0 saturated heterocycles. The van der Waals surface area contributed by atoms with Crippen molar-refractivity contribution in [1.29, 1.82) is 0 Å². The quantitative estimate of drug-likeness (QED) is 0.124. The zero-order valence-corrected chi connectivity index (χ0v) is 30.7. The number of nitrogens with zero attached hydrogens (tertiary/aromatic N) is 2. The van der Waals surface area contributed by atoms with Crippen LogP contribution < -0.4 is 5.19 Å². The maximum absolute atomic E-state index is 13.5. The van der Waals surface area contributed by atoms with Gasteiger partial charge >= 0.3 is 0 Å². The molecule has 0 N–H and O–H groups in total. The summed E-state index contributed by atoms with van der Waals surface area (Å²) in [4.78, 5) is 9.19. The molecule has 7 aromatic rings. The zero-order valence-electron chi connectivity index (χ0n) is 27.3. The number of hydrogen-bond donors (Lipinski definition) is 0. The summed E-state index contributed by atoms with van der Waals surface area (Å²) in [5.74, 6) is 0.276. The summed E-state index contributed by atoms with van der Waals surface area (Å²) in [6.07, 6.45) is 4.89. The molecule has 1 radical (unpaired) electrons. The van der Waals surface area contributed by atoms with Crippen molar-refractivity contribution in [2.45, 2.75) is 39.9 Å². The molecular weight excluding hydrogens is 776 g/mol. The minimum absolute atomic E-state index is 0. The molecule has 3 heterocycles. The maximum atomic E-state index is 13.5. The third kappa shape index (κ3) is 7.85. The Labute approximate surface area is 291 Å². The van der Waals surface area contributed by atoms with Crippen molar-refractivity contribution in [3.8, 4) is 33.6 Å². The van der Waals surface area contributed by atoms with E-state index in [1.165, 1.54) is 34.0 Å². The van der Waals surface area contributed by atoms with E-state index in [-0.39, 0.29) is 25.9 Å². The van der Waals surface area contributed by atoms with Crippen molar-refractivity contribution < 1.29 is 28.9 Å². The minimum atomic E-state index is -1.46. The summed E-state index contributed by atoms with van der Waals surface area (Å²) >= 11 is 0. The van der Waals surface area contributed by atoms with Gasteiger partial charge in [0.15, 0.2) is 0 Å². The molecule has 0 aliphatic heterocycles. The van der Waals surface area contributed by atoms with E-state index in [0.717, 1.165) is 39.7 Å². The van der Waals surface area contributed by atoms with Gasteiger partial charge in [0.25, 0.3) is 0 Å². The molecule has 4 aromatic carbocycles. The monoisotopic (exact) mass is 813 g/mol. The smallest absolute Gasteiger partial charge is 0.126 e. The molecule has 0 amide bonds. The van der Waals surface area contributed by atoms with E-state index >= 15 is 0 Å². The van der Waals surface area contributed by atoms with Gasteiger partial charge in [-0.1, -0.05) is 92.5 Å². The molecule has 239 valence electrons. The molecule has 3 nitrogen and oxygen atoms in total. The van der Waals surface area contributed by atoms with Crippen LogP contribution in [0.1, 0.15) is 19.4 Å². The number of fused-ring (bicyclic) bond motifs is 3. The Morgan fingerprint density at radius 2 is 1.57 bits per heavy atom. The molecule has 0 spiro atoms. The fraction of sp³-hybridized carbons (Fsp3) is 0.171. The third-order valence-corrected chi connectivity index (χ3v) is 9.92. The Kier molecular flexibility index (Phi) is 10.7. The molecule has 0 unspecified atom stereocenters. The van der Waals surface area contributed by atoms with Gasteiger partial charge in [0, 0.05) is 44.0 Å². The van der Waals surface area contributed by atoms with Crippen LogP contribution in [0.5, 0.6) is 0 Å². The Morgan fingerprint density at radius 3 is 2.30 bits per heavy atom. The summed E-state index contributed by atoms with van der Waals surface area (Å²) < 4.78 is 19.4. The number of furan rings is 1. The number of hydrogen-bond acceptors (Lipinski definition) is 3. The average molecular weight is 813 g/mol. The fourth-order valence-corrected chi connectivity index (χ4v) is 7.20. The van der Waals surface area contributed by atoms with Crippen LogP contribution in [0.25, 0.3) is 55.6 Å². The molecule has 47 heavy (non-hydrogen) atoms. The number of aromatic nitrogens is 2. The molecule has 0 fully saturated rings.